The van der Waals surface area contributed by atoms with E-state index in [1.165, 1.54) is 11.1 Å². The molecule has 0 saturated carbocycles. The minimum atomic E-state index is -0.567. The van der Waals surface area contributed by atoms with Crippen LogP contribution in [0.25, 0.3) is 0 Å². The van der Waals surface area contributed by atoms with Crippen molar-refractivity contribution in [3.8, 4) is 0 Å². The van der Waals surface area contributed by atoms with Gasteiger partial charge in [0, 0.05) is 18.8 Å². The van der Waals surface area contributed by atoms with Crippen LogP contribution in [0.15, 0.2) is 43.0 Å². The average molecular weight is 371 g/mol. The SMILES string of the molecule is CC(C)CC1COC(CCc2ccc(C(C)(C)C)cc2)(Cn2ccnc2)O1. The molecule has 1 aliphatic heterocycles. The predicted octanol–water partition coefficient (Wildman–Crippen LogP) is 4.97. The first-order valence-electron chi connectivity index (χ1n) is 10.1. The maximum atomic E-state index is 6.46. The van der Waals surface area contributed by atoms with Crippen LogP contribution >= 0.6 is 0 Å². The van der Waals surface area contributed by atoms with Crippen molar-refractivity contribution in [2.75, 3.05) is 6.61 Å². The highest BCUT2D eigenvalue weighted by atomic mass is 16.7. The van der Waals surface area contributed by atoms with Gasteiger partial charge < -0.3 is 14.0 Å². The normalized spacial score (nSPS) is 23.3. The largest absolute Gasteiger partial charge is 0.345 e. The molecule has 2 unspecified atom stereocenters. The summed E-state index contributed by atoms with van der Waals surface area (Å²) in [6, 6.07) is 8.98. The van der Waals surface area contributed by atoms with E-state index >= 15 is 0 Å². The second-order valence-electron chi connectivity index (χ2n) is 9.27. The molecular weight excluding hydrogens is 336 g/mol. The first kappa shape index (κ1) is 20.1. The molecule has 4 nitrogen and oxygen atoms in total. The van der Waals surface area contributed by atoms with Crippen LogP contribution in [0.1, 0.15) is 58.6 Å². The zero-order chi connectivity index (χ0) is 19.5. The zero-order valence-corrected chi connectivity index (χ0v) is 17.4. The fraction of sp³-hybridized carbons (Fsp3) is 0.609. The highest BCUT2D eigenvalue weighted by molar-refractivity contribution is 5.27. The predicted molar refractivity (Wildman–Crippen MR) is 109 cm³/mol. The quantitative estimate of drug-likeness (QED) is 0.690. The summed E-state index contributed by atoms with van der Waals surface area (Å²) in [6.45, 7) is 12.6. The van der Waals surface area contributed by atoms with E-state index in [4.69, 9.17) is 9.47 Å². The highest BCUT2D eigenvalue weighted by Gasteiger charge is 2.41. The lowest BCUT2D eigenvalue weighted by Gasteiger charge is -2.29. The van der Waals surface area contributed by atoms with E-state index in [1.807, 2.05) is 12.5 Å². The molecule has 1 aliphatic rings. The van der Waals surface area contributed by atoms with Crippen molar-refractivity contribution < 1.29 is 9.47 Å². The van der Waals surface area contributed by atoms with Crippen LogP contribution in [0.4, 0.5) is 0 Å². The number of ether oxygens (including phenoxy) is 2. The summed E-state index contributed by atoms with van der Waals surface area (Å²) in [7, 11) is 0. The van der Waals surface area contributed by atoms with Gasteiger partial charge in [0.1, 0.15) is 0 Å². The van der Waals surface area contributed by atoms with Gasteiger partial charge in [0.2, 0.25) is 0 Å². The summed E-state index contributed by atoms with van der Waals surface area (Å²) in [5, 5.41) is 0. The van der Waals surface area contributed by atoms with Gasteiger partial charge in [-0.3, -0.25) is 0 Å². The van der Waals surface area contributed by atoms with Crippen molar-refractivity contribution in [3.05, 3.63) is 54.1 Å². The summed E-state index contributed by atoms with van der Waals surface area (Å²) in [5.41, 5.74) is 2.88. The van der Waals surface area contributed by atoms with E-state index in [9.17, 15) is 0 Å². The van der Waals surface area contributed by atoms with E-state index in [-0.39, 0.29) is 11.5 Å². The van der Waals surface area contributed by atoms with Gasteiger partial charge in [-0.2, -0.15) is 0 Å². The van der Waals surface area contributed by atoms with Gasteiger partial charge >= 0.3 is 0 Å². The zero-order valence-electron chi connectivity index (χ0n) is 17.4. The second kappa shape index (κ2) is 8.15. The Labute approximate surface area is 163 Å². The van der Waals surface area contributed by atoms with Crippen molar-refractivity contribution in [1.82, 2.24) is 9.55 Å². The van der Waals surface area contributed by atoms with E-state index in [0.717, 1.165) is 19.3 Å². The lowest BCUT2D eigenvalue weighted by atomic mass is 9.86. The Morgan fingerprint density at radius 3 is 2.56 bits per heavy atom. The van der Waals surface area contributed by atoms with E-state index < -0.39 is 5.79 Å². The Hall–Kier alpha value is -1.65. The fourth-order valence-corrected chi connectivity index (χ4v) is 3.72. The molecule has 1 aromatic carbocycles. The molecule has 0 N–H and O–H groups in total. The molecule has 0 radical (unpaired) electrons. The molecule has 2 aromatic rings. The summed E-state index contributed by atoms with van der Waals surface area (Å²) >= 11 is 0. The van der Waals surface area contributed by atoms with Gasteiger partial charge in [-0.05, 0) is 35.3 Å². The smallest absolute Gasteiger partial charge is 0.187 e. The lowest BCUT2D eigenvalue weighted by molar-refractivity contribution is -0.183. The maximum absolute atomic E-state index is 6.46. The van der Waals surface area contributed by atoms with Gasteiger partial charge in [-0.25, -0.2) is 4.98 Å². The third-order valence-corrected chi connectivity index (χ3v) is 5.25. The molecule has 1 saturated heterocycles. The van der Waals surface area contributed by atoms with Crippen LogP contribution in [0.2, 0.25) is 0 Å². The number of hydrogen-bond acceptors (Lipinski definition) is 3. The maximum Gasteiger partial charge on any atom is 0.187 e. The van der Waals surface area contributed by atoms with Crippen LogP contribution in [-0.2, 0) is 27.9 Å². The monoisotopic (exact) mass is 370 g/mol. The Bertz CT molecular complexity index is 701. The van der Waals surface area contributed by atoms with Crippen molar-refractivity contribution in [1.29, 1.82) is 0 Å². The van der Waals surface area contributed by atoms with Crippen molar-refractivity contribution in [2.24, 2.45) is 5.92 Å². The standard InChI is InChI=1S/C23H34N2O2/c1-18(2)14-21-15-26-23(27-21,16-25-13-12-24-17-25)11-10-19-6-8-20(9-7-19)22(3,4)5/h6-9,12-13,17-18,21H,10-11,14-16H2,1-5H3. The number of benzene rings is 1. The minimum absolute atomic E-state index is 0.178. The molecule has 3 rings (SSSR count). The Balaban J connectivity index is 1.68. The molecule has 0 aliphatic carbocycles. The topological polar surface area (TPSA) is 36.3 Å². The first-order valence-corrected chi connectivity index (χ1v) is 10.1. The van der Waals surface area contributed by atoms with Crippen LogP contribution in [0.3, 0.4) is 0 Å². The van der Waals surface area contributed by atoms with Crippen molar-refractivity contribution in [3.63, 3.8) is 0 Å². The molecular formula is C23H34N2O2. The Morgan fingerprint density at radius 2 is 1.96 bits per heavy atom. The van der Waals surface area contributed by atoms with Crippen LogP contribution in [0.5, 0.6) is 0 Å². The highest BCUT2D eigenvalue weighted by Crippen LogP contribution is 2.33. The Kier molecular flexibility index (Phi) is 6.07. The molecule has 2 heterocycles. The number of aromatic nitrogens is 2. The number of nitrogens with zero attached hydrogens (tertiary/aromatic N) is 2. The number of aryl methyl sites for hydroxylation is 1. The van der Waals surface area contributed by atoms with Crippen LogP contribution < -0.4 is 0 Å². The number of hydrogen-bond donors (Lipinski definition) is 0. The molecule has 0 amide bonds. The third kappa shape index (κ3) is 5.43. The van der Waals surface area contributed by atoms with Gasteiger partial charge in [0.25, 0.3) is 0 Å². The lowest BCUT2D eigenvalue weighted by Crippen LogP contribution is -2.36. The molecule has 0 bridgehead atoms. The molecule has 148 valence electrons. The fourth-order valence-electron chi connectivity index (χ4n) is 3.72. The van der Waals surface area contributed by atoms with Crippen molar-refractivity contribution >= 4 is 0 Å². The number of rotatable bonds is 7. The first-order chi connectivity index (χ1) is 12.8. The second-order valence-corrected chi connectivity index (χ2v) is 9.27. The molecule has 27 heavy (non-hydrogen) atoms. The van der Waals surface area contributed by atoms with Gasteiger partial charge in [0.15, 0.2) is 5.79 Å². The van der Waals surface area contributed by atoms with Crippen molar-refractivity contribution in [2.45, 2.75) is 77.7 Å². The van der Waals surface area contributed by atoms with Crippen LogP contribution in [-0.4, -0.2) is 28.0 Å². The van der Waals surface area contributed by atoms with Gasteiger partial charge in [0.05, 0.1) is 25.6 Å². The van der Waals surface area contributed by atoms with Crippen LogP contribution in [0, 0.1) is 5.92 Å². The Morgan fingerprint density at radius 1 is 1.22 bits per heavy atom. The summed E-state index contributed by atoms with van der Waals surface area (Å²) in [5.74, 6) is 0.0377. The van der Waals surface area contributed by atoms with E-state index in [2.05, 4.69) is 68.4 Å². The summed E-state index contributed by atoms with van der Waals surface area (Å²) in [6.07, 6.45) is 8.61. The minimum Gasteiger partial charge on any atom is -0.345 e. The molecule has 2 atom stereocenters. The summed E-state index contributed by atoms with van der Waals surface area (Å²) < 4.78 is 14.8. The van der Waals surface area contributed by atoms with Gasteiger partial charge in [-0.1, -0.05) is 58.9 Å². The van der Waals surface area contributed by atoms with E-state index in [1.54, 1.807) is 6.20 Å². The molecule has 1 fully saturated rings. The van der Waals surface area contributed by atoms with E-state index in [0.29, 0.717) is 19.1 Å². The molecule has 1 aromatic heterocycles. The summed E-state index contributed by atoms with van der Waals surface area (Å²) in [4.78, 5) is 4.17. The molecule has 4 heteroatoms. The molecule has 0 spiro atoms. The average Bonchev–Trinajstić information content (AvgIpc) is 3.23. The third-order valence-electron chi connectivity index (χ3n) is 5.25. The van der Waals surface area contributed by atoms with Gasteiger partial charge in [-0.15, -0.1) is 0 Å². The number of imidazole rings is 1.